The highest BCUT2D eigenvalue weighted by Gasteiger charge is 2.09. The second-order valence-electron chi connectivity index (χ2n) is 7.51. The zero-order chi connectivity index (χ0) is 20.1. The van der Waals surface area contributed by atoms with Crippen LogP contribution >= 0.6 is 24.0 Å². The lowest BCUT2D eigenvalue weighted by atomic mass is 10.0. The molecule has 5 aromatic carbocycles. The zero-order valence-electron chi connectivity index (χ0n) is 16.0. The molecule has 2 heteroatoms. The fraction of sp³-hybridized carbons (Fsp3) is 0. The summed E-state index contributed by atoms with van der Waals surface area (Å²) in [5.74, 6) is 6.55. The normalized spacial score (nSPS) is 11.2. The minimum atomic E-state index is 0.998. The summed E-state index contributed by atoms with van der Waals surface area (Å²) in [6.45, 7) is 0. The molecule has 0 radical (unpaired) electrons. The van der Waals surface area contributed by atoms with Crippen LogP contribution in [0.3, 0.4) is 0 Å². The number of rotatable bonds is 0. The second-order valence-corrected chi connectivity index (χ2v) is 9.11. The van der Waals surface area contributed by atoms with Gasteiger partial charge >= 0.3 is 0 Å². The maximum atomic E-state index is 4.49. The Morgan fingerprint density at radius 2 is 1.17 bits per heavy atom. The van der Waals surface area contributed by atoms with Gasteiger partial charge in [0.1, 0.15) is 0 Å². The van der Waals surface area contributed by atoms with Crippen molar-refractivity contribution in [3.8, 4) is 11.8 Å². The van der Waals surface area contributed by atoms with E-state index in [0.717, 1.165) is 16.0 Å². The van der Waals surface area contributed by atoms with Crippen LogP contribution in [0.1, 0.15) is 11.1 Å². The molecule has 1 heterocycles. The van der Waals surface area contributed by atoms with Crippen molar-refractivity contribution in [1.82, 2.24) is 0 Å². The Bertz CT molecular complexity index is 1640. The topological polar surface area (TPSA) is 0 Å². The van der Waals surface area contributed by atoms with Gasteiger partial charge in [0.25, 0.3) is 0 Å². The summed E-state index contributed by atoms with van der Waals surface area (Å²) < 4.78 is 2.63. The van der Waals surface area contributed by atoms with Gasteiger partial charge in [-0.2, -0.15) is 0 Å². The Labute approximate surface area is 184 Å². The summed E-state index contributed by atoms with van der Waals surface area (Å²) >= 11 is 6.34. The van der Waals surface area contributed by atoms with Gasteiger partial charge in [-0.1, -0.05) is 42.2 Å². The molecule has 6 aromatic rings. The Kier molecular flexibility index (Phi) is 4.06. The van der Waals surface area contributed by atoms with Crippen molar-refractivity contribution in [1.29, 1.82) is 0 Å². The van der Waals surface area contributed by atoms with E-state index in [0.29, 0.717) is 0 Å². The van der Waals surface area contributed by atoms with Gasteiger partial charge in [-0.15, -0.1) is 24.0 Å². The number of hydrogen-bond donors (Lipinski definition) is 1. The van der Waals surface area contributed by atoms with Crippen LogP contribution in [-0.4, -0.2) is 0 Å². The summed E-state index contributed by atoms with van der Waals surface area (Å²) in [6.07, 6.45) is 0. The number of thiophene rings is 1. The first-order chi connectivity index (χ1) is 14.7. The summed E-state index contributed by atoms with van der Waals surface area (Å²) in [4.78, 5) is 0.998. The first-order valence-corrected chi connectivity index (χ1v) is 11.1. The van der Waals surface area contributed by atoms with Crippen molar-refractivity contribution in [3.63, 3.8) is 0 Å². The molecule has 0 aliphatic rings. The van der Waals surface area contributed by atoms with Gasteiger partial charge in [0.05, 0.1) is 0 Å². The molecule has 0 N–H and O–H groups in total. The smallest absolute Gasteiger partial charge is 0.0361 e. The Morgan fingerprint density at radius 1 is 0.533 bits per heavy atom. The van der Waals surface area contributed by atoms with E-state index >= 15 is 0 Å². The van der Waals surface area contributed by atoms with Gasteiger partial charge < -0.3 is 0 Å². The number of fused-ring (bicyclic) bond motifs is 5. The van der Waals surface area contributed by atoms with Crippen molar-refractivity contribution in [2.45, 2.75) is 4.90 Å². The highest BCUT2D eigenvalue weighted by Crippen LogP contribution is 2.39. The predicted molar refractivity (Wildman–Crippen MR) is 134 cm³/mol. The predicted octanol–water partition coefficient (Wildman–Crippen LogP) is 8.05. The molecular weight excluding hydrogens is 400 g/mol. The molecule has 0 nitrogen and oxygen atoms in total. The molecule has 1 aromatic heterocycles. The van der Waals surface area contributed by atoms with E-state index in [9.17, 15) is 0 Å². The van der Waals surface area contributed by atoms with Gasteiger partial charge in [-0.3, -0.25) is 0 Å². The van der Waals surface area contributed by atoms with Crippen LogP contribution in [0.4, 0.5) is 0 Å². The van der Waals surface area contributed by atoms with E-state index in [2.05, 4.69) is 85.1 Å². The van der Waals surface area contributed by atoms with Crippen LogP contribution in [0.15, 0.2) is 95.9 Å². The lowest BCUT2D eigenvalue weighted by molar-refractivity contribution is 1.53. The van der Waals surface area contributed by atoms with Crippen LogP contribution in [0.25, 0.3) is 41.7 Å². The highest BCUT2D eigenvalue weighted by molar-refractivity contribution is 7.80. The lowest BCUT2D eigenvalue weighted by Gasteiger charge is -2.02. The Balaban J connectivity index is 1.52. The maximum Gasteiger partial charge on any atom is 0.0361 e. The summed E-state index contributed by atoms with van der Waals surface area (Å²) in [6, 6.07) is 32.2. The standard InChI is InChI=1S/C28H16S2/c29-24-11-10-21-15-26-25-14-20-9-8-19(7-6-18-4-2-1-3-5-18)12-22(20)16-27(25)30-28(26)17-23(21)13-24/h1-5,8-17,29H. The first kappa shape index (κ1) is 17.6. The van der Waals surface area contributed by atoms with Crippen LogP contribution in [-0.2, 0) is 0 Å². The molecule has 0 aliphatic carbocycles. The van der Waals surface area contributed by atoms with E-state index in [1.807, 2.05) is 41.7 Å². The molecule has 0 amide bonds. The fourth-order valence-electron chi connectivity index (χ4n) is 3.99. The Morgan fingerprint density at radius 3 is 1.90 bits per heavy atom. The number of hydrogen-bond acceptors (Lipinski definition) is 2. The third-order valence-corrected chi connectivity index (χ3v) is 6.89. The van der Waals surface area contributed by atoms with Crippen LogP contribution in [0.2, 0.25) is 0 Å². The molecule has 0 fully saturated rings. The highest BCUT2D eigenvalue weighted by atomic mass is 32.1. The average molecular weight is 417 g/mol. The summed E-state index contributed by atoms with van der Waals surface area (Å²) in [7, 11) is 0. The van der Waals surface area contributed by atoms with E-state index in [4.69, 9.17) is 0 Å². The van der Waals surface area contributed by atoms with Gasteiger partial charge in [0.15, 0.2) is 0 Å². The fourth-order valence-corrected chi connectivity index (χ4v) is 5.37. The van der Waals surface area contributed by atoms with Gasteiger partial charge in [0.2, 0.25) is 0 Å². The first-order valence-electron chi connectivity index (χ1n) is 9.83. The molecular formula is C28H16S2. The van der Waals surface area contributed by atoms with Crippen molar-refractivity contribution in [2.75, 3.05) is 0 Å². The van der Waals surface area contributed by atoms with E-state index in [1.54, 1.807) is 0 Å². The third kappa shape index (κ3) is 3.04. The van der Waals surface area contributed by atoms with Crippen LogP contribution in [0.5, 0.6) is 0 Å². The van der Waals surface area contributed by atoms with Crippen LogP contribution < -0.4 is 0 Å². The molecule has 0 atom stereocenters. The number of thiol groups is 1. The second kappa shape index (κ2) is 6.92. The van der Waals surface area contributed by atoms with Crippen molar-refractivity contribution < 1.29 is 0 Å². The van der Waals surface area contributed by atoms with Crippen molar-refractivity contribution in [2.24, 2.45) is 0 Å². The largest absolute Gasteiger partial charge is 0.143 e. The molecule has 140 valence electrons. The third-order valence-electron chi connectivity index (χ3n) is 5.50. The average Bonchev–Trinajstić information content (AvgIpc) is 3.11. The van der Waals surface area contributed by atoms with Gasteiger partial charge in [-0.05, 0) is 82.2 Å². The van der Waals surface area contributed by atoms with E-state index in [-0.39, 0.29) is 0 Å². The minimum absolute atomic E-state index is 0.998. The Hall–Kier alpha value is -3.25. The zero-order valence-corrected chi connectivity index (χ0v) is 17.7. The molecule has 6 rings (SSSR count). The molecule has 0 spiro atoms. The van der Waals surface area contributed by atoms with Crippen molar-refractivity contribution >= 4 is 65.7 Å². The van der Waals surface area contributed by atoms with Gasteiger partial charge in [0, 0.05) is 36.2 Å². The minimum Gasteiger partial charge on any atom is -0.143 e. The quantitative estimate of drug-likeness (QED) is 0.188. The lowest BCUT2D eigenvalue weighted by Crippen LogP contribution is -1.79. The monoisotopic (exact) mass is 416 g/mol. The van der Waals surface area contributed by atoms with Crippen LogP contribution in [0, 0.1) is 11.8 Å². The summed E-state index contributed by atoms with van der Waals surface area (Å²) in [5, 5.41) is 7.62. The maximum absolute atomic E-state index is 4.49. The SMILES string of the molecule is Sc1ccc2cc3c(cc2c1)sc1cc2cc(C#Cc4ccccc4)ccc2cc13. The van der Waals surface area contributed by atoms with E-state index < -0.39 is 0 Å². The molecule has 0 unspecified atom stereocenters. The molecule has 0 aliphatic heterocycles. The molecule has 0 saturated heterocycles. The van der Waals surface area contributed by atoms with E-state index in [1.165, 1.54) is 41.7 Å². The summed E-state index contributed by atoms with van der Waals surface area (Å²) in [5.41, 5.74) is 2.08. The molecule has 0 saturated carbocycles. The molecule has 0 bridgehead atoms. The molecule has 30 heavy (non-hydrogen) atoms. The van der Waals surface area contributed by atoms with Gasteiger partial charge in [-0.25, -0.2) is 0 Å². The van der Waals surface area contributed by atoms with Crippen molar-refractivity contribution in [3.05, 3.63) is 102 Å². The number of benzene rings is 5.